The number of ether oxygens (including phenoxy) is 1. The van der Waals surface area contributed by atoms with Crippen LogP contribution in [0, 0.1) is 11.3 Å². The van der Waals surface area contributed by atoms with Gasteiger partial charge in [0.25, 0.3) is 0 Å². The van der Waals surface area contributed by atoms with Gasteiger partial charge in [-0.25, -0.2) is 4.79 Å². The maximum Gasteiger partial charge on any atom is 0.410 e. The second-order valence-corrected chi connectivity index (χ2v) is 3.02. The average Bonchev–Trinajstić information content (AvgIpc) is 2.17. The SMILES string of the molecule is COC(=O)N1CC(C#N)=CC[C@@H]1C. The van der Waals surface area contributed by atoms with Gasteiger partial charge in [-0.2, -0.15) is 5.26 Å². The Morgan fingerprint density at radius 2 is 2.54 bits per heavy atom. The molecule has 0 fully saturated rings. The van der Waals surface area contributed by atoms with Crippen LogP contribution in [0.25, 0.3) is 0 Å². The third-order valence-electron chi connectivity index (χ3n) is 2.13. The number of hydrogen-bond acceptors (Lipinski definition) is 3. The van der Waals surface area contributed by atoms with Crippen LogP contribution >= 0.6 is 0 Å². The van der Waals surface area contributed by atoms with Gasteiger partial charge in [0, 0.05) is 11.6 Å². The van der Waals surface area contributed by atoms with E-state index in [1.165, 1.54) is 7.11 Å². The van der Waals surface area contributed by atoms with Crippen molar-refractivity contribution in [1.29, 1.82) is 5.26 Å². The molecule has 0 bridgehead atoms. The Morgan fingerprint density at radius 1 is 1.85 bits per heavy atom. The zero-order chi connectivity index (χ0) is 9.84. The zero-order valence-electron chi connectivity index (χ0n) is 7.78. The largest absolute Gasteiger partial charge is 0.453 e. The maximum absolute atomic E-state index is 11.2. The molecule has 1 heterocycles. The lowest BCUT2D eigenvalue weighted by atomic mass is 10.1. The first-order valence-electron chi connectivity index (χ1n) is 4.12. The van der Waals surface area contributed by atoms with Crippen molar-refractivity contribution < 1.29 is 9.53 Å². The van der Waals surface area contributed by atoms with Gasteiger partial charge in [-0.3, -0.25) is 0 Å². The minimum Gasteiger partial charge on any atom is -0.453 e. The summed E-state index contributed by atoms with van der Waals surface area (Å²) in [5.74, 6) is 0. The molecule has 0 saturated carbocycles. The summed E-state index contributed by atoms with van der Waals surface area (Å²) in [6, 6.07) is 2.16. The van der Waals surface area contributed by atoms with Crippen molar-refractivity contribution >= 4 is 6.09 Å². The monoisotopic (exact) mass is 180 g/mol. The normalized spacial score (nSPS) is 21.8. The van der Waals surface area contributed by atoms with Crippen LogP contribution < -0.4 is 0 Å². The first-order chi connectivity index (χ1) is 6.19. The molecular weight excluding hydrogens is 168 g/mol. The van der Waals surface area contributed by atoms with Crippen LogP contribution in [0.1, 0.15) is 13.3 Å². The summed E-state index contributed by atoms with van der Waals surface area (Å²) in [5.41, 5.74) is 0.628. The van der Waals surface area contributed by atoms with Gasteiger partial charge >= 0.3 is 6.09 Å². The zero-order valence-corrected chi connectivity index (χ0v) is 7.78. The first-order valence-corrected chi connectivity index (χ1v) is 4.12. The lowest BCUT2D eigenvalue weighted by Crippen LogP contribution is -2.41. The molecule has 0 N–H and O–H groups in total. The van der Waals surface area contributed by atoms with E-state index in [1.54, 1.807) is 4.90 Å². The molecule has 0 saturated heterocycles. The molecule has 1 aliphatic heterocycles. The number of methoxy groups -OCH3 is 1. The van der Waals surface area contributed by atoms with E-state index in [0.29, 0.717) is 12.1 Å². The van der Waals surface area contributed by atoms with Gasteiger partial charge in [-0.1, -0.05) is 6.08 Å². The number of amides is 1. The Labute approximate surface area is 77.4 Å². The molecule has 1 atom stereocenters. The van der Waals surface area contributed by atoms with E-state index in [9.17, 15) is 4.79 Å². The Kier molecular flexibility index (Phi) is 2.91. The van der Waals surface area contributed by atoms with Gasteiger partial charge < -0.3 is 9.64 Å². The number of rotatable bonds is 0. The lowest BCUT2D eigenvalue weighted by Gasteiger charge is -2.30. The van der Waals surface area contributed by atoms with Crippen LogP contribution in [0.15, 0.2) is 11.6 Å². The molecule has 0 spiro atoms. The topological polar surface area (TPSA) is 53.3 Å². The van der Waals surface area contributed by atoms with Gasteiger partial charge in [0.15, 0.2) is 0 Å². The average molecular weight is 180 g/mol. The van der Waals surface area contributed by atoms with Crippen LogP contribution in [-0.2, 0) is 4.74 Å². The van der Waals surface area contributed by atoms with Gasteiger partial charge in [0.2, 0.25) is 0 Å². The van der Waals surface area contributed by atoms with Crippen LogP contribution in [0.4, 0.5) is 4.79 Å². The van der Waals surface area contributed by atoms with Crippen molar-refractivity contribution in [3.05, 3.63) is 11.6 Å². The molecule has 0 unspecified atom stereocenters. The predicted octanol–water partition coefficient (Wildman–Crippen LogP) is 1.30. The second-order valence-electron chi connectivity index (χ2n) is 3.02. The highest BCUT2D eigenvalue weighted by Gasteiger charge is 2.24. The van der Waals surface area contributed by atoms with Crippen molar-refractivity contribution in [1.82, 2.24) is 4.90 Å². The van der Waals surface area contributed by atoms with E-state index in [-0.39, 0.29) is 12.1 Å². The van der Waals surface area contributed by atoms with E-state index in [4.69, 9.17) is 5.26 Å². The van der Waals surface area contributed by atoms with E-state index < -0.39 is 0 Å². The fourth-order valence-corrected chi connectivity index (χ4v) is 1.29. The lowest BCUT2D eigenvalue weighted by molar-refractivity contribution is 0.111. The van der Waals surface area contributed by atoms with Crippen molar-refractivity contribution in [3.63, 3.8) is 0 Å². The highest BCUT2D eigenvalue weighted by Crippen LogP contribution is 2.16. The minimum atomic E-state index is -0.367. The summed E-state index contributed by atoms with van der Waals surface area (Å²) in [6.07, 6.45) is 2.22. The van der Waals surface area contributed by atoms with Crippen molar-refractivity contribution in [3.8, 4) is 6.07 Å². The number of nitriles is 1. The van der Waals surface area contributed by atoms with Gasteiger partial charge in [-0.15, -0.1) is 0 Å². The van der Waals surface area contributed by atoms with Gasteiger partial charge in [0.1, 0.15) is 0 Å². The fourth-order valence-electron chi connectivity index (χ4n) is 1.29. The van der Waals surface area contributed by atoms with E-state index in [0.717, 1.165) is 6.42 Å². The summed E-state index contributed by atoms with van der Waals surface area (Å²) in [6.45, 7) is 2.30. The molecule has 70 valence electrons. The van der Waals surface area contributed by atoms with E-state index in [2.05, 4.69) is 4.74 Å². The molecule has 1 amide bonds. The standard InChI is InChI=1S/C9H12N2O2/c1-7-3-4-8(5-10)6-11(7)9(12)13-2/h4,7H,3,6H2,1-2H3/t7-/m0/s1. The minimum absolute atomic E-state index is 0.115. The van der Waals surface area contributed by atoms with Gasteiger partial charge in [-0.05, 0) is 13.3 Å². The van der Waals surface area contributed by atoms with E-state index in [1.807, 2.05) is 19.1 Å². The molecular formula is C9H12N2O2. The van der Waals surface area contributed by atoms with Crippen LogP contribution in [0.3, 0.4) is 0 Å². The van der Waals surface area contributed by atoms with Crippen molar-refractivity contribution in [2.24, 2.45) is 0 Å². The third-order valence-corrected chi connectivity index (χ3v) is 2.13. The smallest absolute Gasteiger partial charge is 0.410 e. The maximum atomic E-state index is 11.2. The molecule has 0 aliphatic carbocycles. The van der Waals surface area contributed by atoms with Crippen LogP contribution in [0.5, 0.6) is 0 Å². The fraction of sp³-hybridized carbons (Fsp3) is 0.556. The molecule has 4 heteroatoms. The van der Waals surface area contributed by atoms with Crippen molar-refractivity contribution in [2.45, 2.75) is 19.4 Å². The summed E-state index contributed by atoms with van der Waals surface area (Å²) >= 11 is 0. The highest BCUT2D eigenvalue weighted by molar-refractivity contribution is 5.68. The Bertz CT molecular complexity index is 278. The number of carbonyl (C=O) groups is 1. The Balaban J connectivity index is 2.73. The second kappa shape index (κ2) is 3.94. The number of hydrogen-bond donors (Lipinski definition) is 0. The predicted molar refractivity (Wildman–Crippen MR) is 46.9 cm³/mol. The summed E-state index contributed by atoms with van der Waals surface area (Å²) in [7, 11) is 1.35. The molecule has 0 aromatic rings. The van der Waals surface area contributed by atoms with Crippen LogP contribution in [0.2, 0.25) is 0 Å². The summed E-state index contributed by atoms with van der Waals surface area (Å²) in [5, 5.41) is 8.65. The van der Waals surface area contributed by atoms with E-state index >= 15 is 0 Å². The Hall–Kier alpha value is -1.50. The molecule has 1 rings (SSSR count). The highest BCUT2D eigenvalue weighted by atomic mass is 16.5. The number of carbonyl (C=O) groups excluding carboxylic acids is 1. The molecule has 4 nitrogen and oxygen atoms in total. The summed E-state index contributed by atoms with van der Waals surface area (Å²) < 4.78 is 4.60. The molecule has 0 radical (unpaired) electrons. The molecule has 13 heavy (non-hydrogen) atoms. The van der Waals surface area contributed by atoms with Gasteiger partial charge in [0.05, 0.1) is 19.7 Å². The number of nitrogens with zero attached hydrogens (tertiary/aromatic N) is 2. The Morgan fingerprint density at radius 3 is 3.08 bits per heavy atom. The molecule has 0 aromatic heterocycles. The molecule has 0 aromatic carbocycles. The van der Waals surface area contributed by atoms with Crippen molar-refractivity contribution in [2.75, 3.05) is 13.7 Å². The molecule has 1 aliphatic rings. The quantitative estimate of drug-likeness (QED) is 0.564. The third kappa shape index (κ3) is 2.00. The first kappa shape index (κ1) is 9.59. The summed E-state index contributed by atoms with van der Waals surface area (Å²) in [4.78, 5) is 12.8. The van der Waals surface area contributed by atoms with Crippen LogP contribution in [-0.4, -0.2) is 30.7 Å².